The fourth-order valence-electron chi connectivity index (χ4n) is 3.40. The number of imidazole rings is 1. The van der Waals surface area contributed by atoms with Gasteiger partial charge >= 0.3 is 0 Å². The highest BCUT2D eigenvalue weighted by Crippen LogP contribution is 2.28. The minimum atomic E-state index is 0.867. The van der Waals surface area contributed by atoms with Gasteiger partial charge in [-0.15, -0.1) is 0 Å². The summed E-state index contributed by atoms with van der Waals surface area (Å²) in [6.07, 6.45) is 13.2. The second kappa shape index (κ2) is 6.81. The molecule has 5 heterocycles. The van der Waals surface area contributed by atoms with Gasteiger partial charge in [0.05, 0.1) is 22.9 Å². The summed E-state index contributed by atoms with van der Waals surface area (Å²) in [7, 11) is 0. The number of aryl methyl sites for hydroxylation is 1. The van der Waals surface area contributed by atoms with Gasteiger partial charge in [0.25, 0.3) is 0 Å². The number of pyridine rings is 3. The molecule has 6 nitrogen and oxygen atoms in total. The lowest BCUT2D eigenvalue weighted by Crippen LogP contribution is -1.95. The molecule has 0 bridgehead atoms. The van der Waals surface area contributed by atoms with E-state index < -0.39 is 0 Å². The van der Waals surface area contributed by atoms with Gasteiger partial charge < -0.3 is 0 Å². The average Bonchev–Trinajstić information content (AvgIpc) is 3.17. The molecule has 0 aliphatic heterocycles. The Balaban J connectivity index is 1.58. The summed E-state index contributed by atoms with van der Waals surface area (Å²) in [5.41, 5.74) is 6.64. The maximum absolute atomic E-state index is 4.61. The molecule has 0 aliphatic rings. The molecule has 0 fully saturated rings. The van der Waals surface area contributed by atoms with E-state index in [2.05, 4.69) is 48.4 Å². The van der Waals surface area contributed by atoms with Crippen LogP contribution in [0, 0.1) is 0 Å². The average molecular weight is 366 g/mol. The molecule has 0 unspecified atom stereocenters. The van der Waals surface area contributed by atoms with Crippen LogP contribution >= 0.6 is 0 Å². The first kappa shape index (κ1) is 16.5. The number of rotatable bonds is 4. The van der Waals surface area contributed by atoms with Gasteiger partial charge in [0.15, 0.2) is 0 Å². The Morgan fingerprint density at radius 1 is 0.857 bits per heavy atom. The number of hydrogen-bond acceptors (Lipinski definition) is 5. The van der Waals surface area contributed by atoms with Crippen molar-refractivity contribution in [2.45, 2.75) is 19.8 Å². The highest BCUT2D eigenvalue weighted by molar-refractivity contribution is 5.90. The summed E-state index contributed by atoms with van der Waals surface area (Å²) in [6.45, 7) is 2.13. The van der Waals surface area contributed by atoms with Crippen LogP contribution in [0.2, 0.25) is 0 Å². The van der Waals surface area contributed by atoms with Gasteiger partial charge in [-0.2, -0.15) is 0 Å². The Hall–Kier alpha value is -3.67. The van der Waals surface area contributed by atoms with Crippen molar-refractivity contribution in [2.24, 2.45) is 0 Å². The van der Waals surface area contributed by atoms with E-state index in [0.717, 1.165) is 57.7 Å². The molecule has 28 heavy (non-hydrogen) atoms. The van der Waals surface area contributed by atoms with Gasteiger partial charge in [0.1, 0.15) is 11.5 Å². The predicted molar refractivity (Wildman–Crippen MR) is 109 cm³/mol. The third-order valence-corrected chi connectivity index (χ3v) is 4.80. The molecule has 0 atom stereocenters. The smallest absolute Gasteiger partial charge is 0.137 e. The van der Waals surface area contributed by atoms with Crippen LogP contribution in [-0.4, -0.2) is 29.3 Å². The summed E-state index contributed by atoms with van der Waals surface area (Å²) in [6, 6.07) is 9.96. The van der Waals surface area contributed by atoms with Crippen molar-refractivity contribution in [3.8, 4) is 22.4 Å². The molecular formula is C22H18N6. The molecule has 0 N–H and O–H groups in total. The largest absolute Gasteiger partial charge is 0.300 e. The van der Waals surface area contributed by atoms with Crippen LogP contribution in [0.4, 0.5) is 0 Å². The zero-order valence-corrected chi connectivity index (χ0v) is 15.4. The Labute approximate surface area is 162 Å². The maximum Gasteiger partial charge on any atom is 0.137 e. The Morgan fingerprint density at radius 2 is 1.75 bits per heavy atom. The number of hydrogen-bond donors (Lipinski definition) is 0. The second-order valence-electron chi connectivity index (χ2n) is 6.65. The summed E-state index contributed by atoms with van der Waals surface area (Å²) < 4.78 is 2.07. The highest BCUT2D eigenvalue weighted by Gasteiger charge is 2.11. The normalized spacial score (nSPS) is 11.3. The molecule has 0 spiro atoms. The second-order valence-corrected chi connectivity index (χ2v) is 6.65. The molecule has 6 heteroatoms. The maximum atomic E-state index is 4.61. The van der Waals surface area contributed by atoms with Crippen molar-refractivity contribution >= 4 is 16.7 Å². The zero-order chi connectivity index (χ0) is 18.9. The summed E-state index contributed by atoms with van der Waals surface area (Å²) >= 11 is 0. The van der Waals surface area contributed by atoms with Crippen molar-refractivity contribution in [2.75, 3.05) is 0 Å². The van der Waals surface area contributed by atoms with Crippen LogP contribution < -0.4 is 0 Å². The monoisotopic (exact) mass is 366 g/mol. The molecule has 0 amide bonds. The van der Waals surface area contributed by atoms with E-state index in [-0.39, 0.29) is 0 Å². The van der Waals surface area contributed by atoms with E-state index in [9.17, 15) is 0 Å². The Morgan fingerprint density at radius 3 is 2.61 bits per heavy atom. The van der Waals surface area contributed by atoms with Gasteiger partial charge in [-0.25, -0.2) is 15.0 Å². The standard InChI is InChI=1S/C22H18N6/c1-2-4-20-25-12-16(13-26-20)15-7-10-28-19(14-27-21(28)11-15)17-6-9-23-18-5-3-8-24-22(17)18/h3,5-14H,2,4H2,1H3. The third-order valence-electron chi connectivity index (χ3n) is 4.80. The minimum absolute atomic E-state index is 0.867. The van der Waals surface area contributed by atoms with Crippen molar-refractivity contribution in [1.82, 2.24) is 29.3 Å². The van der Waals surface area contributed by atoms with E-state index in [1.165, 1.54) is 0 Å². The van der Waals surface area contributed by atoms with E-state index in [1.54, 1.807) is 6.20 Å². The first-order valence-electron chi connectivity index (χ1n) is 9.32. The number of nitrogens with zero attached hydrogens (tertiary/aromatic N) is 6. The minimum Gasteiger partial charge on any atom is -0.300 e. The fraction of sp³-hybridized carbons (Fsp3) is 0.136. The molecule has 5 rings (SSSR count). The lowest BCUT2D eigenvalue weighted by atomic mass is 10.1. The molecule has 0 radical (unpaired) electrons. The molecule has 0 aliphatic carbocycles. The van der Waals surface area contributed by atoms with Crippen molar-refractivity contribution in [3.05, 3.63) is 73.3 Å². The van der Waals surface area contributed by atoms with Crippen molar-refractivity contribution < 1.29 is 0 Å². The van der Waals surface area contributed by atoms with Crippen LogP contribution in [0.5, 0.6) is 0 Å². The van der Waals surface area contributed by atoms with Crippen LogP contribution in [0.1, 0.15) is 19.2 Å². The molecule has 0 saturated carbocycles. The van der Waals surface area contributed by atoms with E-state index in [0.29, 0.717) is 0 Å². The zero-order valence-electron chi connectivity index (χ0n) is 15.4. The van der Waals surface area contributed by atoms with Crippen LogP contribution in [0.25, 0.3) is 39.1 Å². The first-order valence-corrected chi connectivity index (χ1v) is 9.32. The highest BCUT2D eigenvalue weighted by atomic mass is 15.0. The lowest BCUT2D eigenvalue weighted by molar-refractivity contribution is 0.835. The van der Waals surface area contributed by atoms with Gasteiger partial charge in [0, 0.05) is 48.5 Å². The quantitative estimate of drug-likeness (QED) is 0.473. The Bertz CT molecular complexity index is 1270. The third kappa shape index (κ3) is 2.79. The van der Waals surface area contributed by atoms with Crippen LogP contribution in [0.3, 0.4) is 0 Å². The molecular weight excluding hydrogens is 348 g/mol. The molecule has 0 saturated heterocycles. The summed E-state index contributed by atoms with van der Waals surface area (Å²) in [4.78, 5) is 22.4. The van der Waals surface area contributed by atoms with Crippen LogP contribution in [-0.2, 0) is 6.42 Å². The summed E-state index contributed by atoms with van der Waals surface area (Å²) in [5.74, 6) is 0.882. The Kier molecular flexibility index (Phi) is 4.01. The van der Waals surface area contributed by atoms with Gasteiger partial charge in [-0.05, 0) is 42.3 Å². The summed E-state index contributed by atoms with van der Waals surface area (Å²) in [5, 5.41) is 0. The molecule has 5 aromatic heterocycles. The van der Waals surface area contributed by atoms with Gasteiger partial charge in [-0.1, -0.05) is 6.92 Å². The number of fused-ring (bicyclic) bond motifs is 2. The lowest BCUT2D eigenvalue weighted by Gasteiger charge is -2.07. The van der Waals surface area contributed by atoms with E-state index in [4.69, 9.17) is 0 Å². The molecule has 0 aromatic carbocycles. The topological polar surface area (TPSA) is 68.9 Å². The predicted octanol–water partition coefficient (Wildman–Crippen LogP) is 4.35. The fourth-order valence-corrected chi connectivity index (χ4v) is 3.40. The van der Waals surface area contributed by atoms with Gasteiger partial charge in [-0.3, -0.25) is 14.4 Å². The van der Waals surface area contributed by atoms with E-state index >= 15 is 0 Å². The molecule has 136 valence electrons. The first-order chi connectivity index (χ1) is 13.8. The number of aromatic nitrogens is 6. The van der Waals surface area contributed by atoms with Crippen LogP contribution in [0.15, 0.2) is 67.5 Å². The molecule has 5 aromatic rings. The van der Waals surface area contributed by atoms with E-state index in [1.807, 2.05) is 49.2 Å². The van der Waals surface area contributed by atoms with Gasteiger partial charge in [0.2, 0.25) is 0 Å². The SMILES string of the molecule is CCCc1ncc(-c2ccn3c(-c4ccnc5cccnc45)cnc3c2)cn1. The van der Waals surface area contributed by atoms with Crippen molar-refractivity contribution in [1.29, 1.82) is 0 Å². The van der Waals surface area contributed by atoms with Crippen molar-refractivity contribution in [3.63, 3.8) is 0 Å².